The van der Waals surface area contributed by atoms with Gasteiger partial charge in [-0.3, -0.25) is 14.9 Å². The smallest absolute Gasteiger partial charge is 0.269 e. The third-order valence-corrected chi connectivity index (χ3v) is 3.44. The minimum absolute atomic E-state index is 0.0277. The summed E-state index contributed by atoms with van der Waals surface area (Å²) in [5.74, 6) is 0.0460. The van der Waals surface area contributed by atoms with Crippen LogP contribution in [-0.4, -0.2) is 34.3 Å². The van der Waals surface area contributed by atoms with Gasteiger partial charge in [0.15, 0.2) is 0 Å². The van der Waals surface area contributed by atoms with Crippen LogP contribution in [0.25, 0.3) is 0 Å². The fraction of sp³-hybridized carbons (Fsp3) is 0.417. The molecule has 0 saturated heterocycles. The summed E-state index contributed by atoms with van der Waals surface area (Å²) in [6, 6.07) is 6.02. The monoisotopic (exact) mass is 284 g/mol. The molecule has 1 aromatic rings. The Bertz CT molecular complexity index is 436. The van der Waals surface area contributed by atoms with Gasteiger partial charge in [0.1, 0.15) is 0 Å². The summed E-state index contributed by atoms with van der Waals surface area (Å²) in [7, 11) is 0. The predicted molar refractivity (Wildman–Crippen MR) is 73.1 cm³/mol. The lowest BCUT2D eigenvalue weighted by molar-refractivity contribution is -0.384. The maximum Gasteiger partial charge on any atom is 0.269 e. The van der Waals surface area contributed by atoms with Gasteiger partial charge in [0, 0.05) is 23.6 Å². The highest BCUT2D eigenvalue weighted by Gasteiger charge is 2.07. The first-order valence-electron chi connectivity index (χ1n) is 5.85. The van der Waals surface area contributed by atoms with Gasteiger partial charge >= 0.3 is 0 Å². The zero-order valence-electron chi connectivity index (χ0n) is 10.5. The third-order valence-electron chi connectivity index (χ3n) is 2.42. The summed E-state index contributed by atoms with van der Waals surface area (Å²) in [6.45, 7) is 2.08. The van der Waals surface area contributed by atoms with Crippen LogP contribution in [0.5, 0.6) is 0 Å². The van der Waals surface area contributed by atoms with Crippen molar-refractivity contribution in [3.8, 4) is 0 Å². The molecule has 1 rings (SSSR count). The van der Waals surface area contributed by atoms with E-state index in [9.17, 15) is 20.0 Å². The van der Waals surface area contributed by atoms with Crippen molar-refractivity contribution in [2.45, 2.75) is 24.3 Å². The van der Waals surface area contributed by atoms with Crippen LogP contribution in [0.2, 0.25) is 0 Å². The minimum Gasteiger partial charge on any atom is -0.391 e. The number of nitrogens with zero attached hydrogens (tertiary/aromatic N) is 1. The molecule has 0 aliphatic carbocycles. The fourth-order valence-electron chi connectivity index (χ4n) is 1.24. The number of nitro groups is 1. The Kier molecular flexibility index (Phi) is 6.31. The van der Waals surface area contributed by atoms with Crippen molar-refractivity contribution >= 4 is 23.4 Å². The highest BCUT2D eigenvalue weighted by atomic mass is 32.2. The topological polar surface area (TPSA) is 92.5 Å². The number of non-ortho nitro benzene ring substituents is 1. The van der Waals surface area contributed by atoms with E-state index in [1.807, 2.05) is 6.92 Å². The predicted octanol–water partition coefficient (Wildman–Crippen LogP) is 1.57. The van der Waals surface area contributed by atoms with Gasteiger partial charge in [-0.05, 0) is 18.6 Å². The number of thioether (sulfide) groups is 1. The number of nitro benzene ring substituents is 1. The molecule has 7 heteroatoms. The lowest BCUT2D eigenvalue weighted by atomic mass is 10.3. The number of rotatable bonds is 7. The average molecular weight is 284 g/mol. The Labute approximate surface area is 115 Å². The molecule has 1 aromatic carbocycles. The molecule has 0 heterocycles. The second-order valence-corrected chi connectivity index (χ2v) is 4.95. The molecule has 0 fully saturated rings. The number of amides is 1. The van der Waals surface area contributed by atoms with Crippen molar-refractivity contribution in [3.05, 3.63) is 34.4 Å². The molecule has 0 saturated carbocycles. The molecule has 0 bridgehead atoms. The first kappa shape index (κ1) is 15.5. The van der Waals surface area contributed by atoms with Crippen LogP contribution in [-0.2, 0) is 4.79 Å². The summed E-state index contributed by atoms with van der Waals surface area (Å²) in [5.41, 5.74) is 0.0277. The molecule has 0 radical (unpaired) electrons. The van der Waals surface area contributed by atoms with Crippen molar-refractivity contribution in [1.29, 1.82) is 0 Å². The van der Waals surface area contributed by atoms with Crippen LogP contribution < -0.4 is 5.32 Å². The van der Waals surface area contributed by atoms with Crippen molar-refractivity contribution in [2.24, 2.45) is 0 Å². The standard InChI is InChI=1S/C12H16N2O4S/c1-2-10(15)7-13-12(16)8-19-11-5-3-9(4-6-11)14(17)18/h3-6,10,15H,2,7-8H2,1H3,(H,13,16). The highest BCUT2D eigenvalue weighted by Crippen LogP contribution is 2.20. The molecule has 6 nitrogen and oxygen atoms in total. The van der Waals surface area contributed by atoms with Crippen LogP contribution >= 0.6 is 11.8 Å². The number of carbonyl (C=O) groups excluding carboxylic acids is 1. The van der Waals surface area contributed by atoms with E-state index in [1.165, 1.54) is 23.9 Å². The summed E-state index contributed by atoms with van der Waals surface area (Å²) >= 11 is 1.29. The van der Waals surface area contributed by atoms with Gasteiger partial charge in [-0.2, -0.15) is 0 Å². The average Bonchev–Trinajstić information content (AvgIpc) is 2.42. The summed E-state index contributed by atoms with van der Waals surface area (Å²) < 4.78 is 0. The van der Waals surface area contributed by atoms with Gasteiger partial charge in [-0.15, -0.1) is 11.8 Å². The Morgan fingerprint density at radius 1 is 1.47 bits per heavy atom. The first-order valence-corrected chi connectivity index (χ1v) is 6.83. The maximum absolute atomic E-state index is 11.5. The number of hydrogen-bond acceptors (Lipinski definition) is 5. The van der Waals surface area contributed by atoms with Gasteiger partial charge in [0.05, 0.1) is 16.8 Å². The highest BCUT2D eigenvalue weighted by molar-refractivity contribution is 8.00. The van der Waals surface area contributed by atoms with Crippen LogP contribution in [0.15, 0.2) is 29.2 Å². The molecule has 0 aliphatic rings. The molecule has 0 aromatic heterocycles. The van der Waals surface area contributed by atoms with Gasteiger partial charge in [-0.25, -0.2) is 0 Å². The minimum atomic E-state index is -0.520. The molecule has 104 valence electrons. The number of aliphatic hydroxyl groups excluding tert-OH is 1. The van der Waals surface area contributed by atoms with E-state index in [1.54, 1.807) is 12.1 Å². The quantitative estimate of drug-likeness (QED) is 0.450. The molecule has 1 unspecified atom stereocenters. The molecule has 0 spiro atoms. The van der Waals surface area contributed by atoms with Crippen LogP contribution in [0.4, 0.5) is 5.69 Å². The zero-order chi connectivity index (χ0) is 14.3. The maximum atomic E-state index is 11.5. The van der Waals surface area contributed by atoms with Crippen molar-refractivity contribution < 1.29 is 14.8 Å². The van der Waals surface area contributed by atoms with Gasteiger partial charge < -0.3 is 10.4 Å². The van der Waals surface area contributed by atoms with Crippen LogP contribution in [0.1, 0.15) is 13.3 Å². The summed E-state index contributed by atoms with van der Waals surface area (Å²) in [6.07, 6.45) is 0.0730. The van der Waals surface area contributed by atoms with Gasteiger partial charge in [0.25, 0.3) is 5.69 Å². The number of nitrogens with one attached hydrogen (secondary N) is 1. The third kappa shape index (κ3) is 5.71. The van der Waals surface area contributed by atoms with Crippen molar-refractivity contribution in [1.82, 2.24) is 5.32 Å². The van der Waals surface area contributed by atoms with Crippen LogP contribution in [0.3, 0.4) is 0 Å². The largest absolute Gasteiger partial charge is 0.391 e. The lowest BCUT2D eigenvalue weighted by Gasteiger charge is -2.09. The SMILES string of the molecule is CCC(O)CNC(=O)CSc1ccc([N+](=O)[O-])cc1. The van der Waals surface area contributed by atoms with E-state index in [2.05, 4.69) is 5.32 Å². The molecule has 1 atom stereocenters. The van der Waals surface area contributed by atoms with Crippen molar-refractivity contribution in [2.75, 3.05) is 12.3 Å². The molecule has 2 N–H and O–H groups in total. The fourth-order valence-corrected chi connectivity index (χ4v) is 1.97. The Balaban J connectivity index is 2.35. The first-order chi connectivity index (χ1) is 9.02. The Morgan fingerprint density at radius 2 is 2.11 bits per heavy atom. The summed E-state index contributed by atoms with van der Waals surface area (Å²) in [4.78, 5) is 22.3. The molecular formula is C12H16N2O4S. The van der Waals surface area contributed by atoms with E-state index in [-0.39, 0.29) is 23.9 Å². The van der Waals surface area contributed by atoms with Crippen molar-refractivity contribution in [3.63, 3.8) is 0 Å². The van der Waals surface area contributed by atoms with Gasteiger partial charge in [0.2, 0.25) is 5.91 Å². The normalized spacial score (nSPS) is 11.9. The number of aliphatic hydroxyl groups is 1. The summed E-state index contributed by atoms with van der Waals surface area (Å²) in [5, 5.41) is 22.4. The second-order valence-electron chi connectivity index (χ2n) is 3.91. The van der Waals surface area contributed by atoms with E-state index < -0.39 is 11.0 Å². The molecule has 1 amide bonds. The van der Waals surface area contributed by atoms with Gasteiger partial charge in [-0.1, -0.05) is 6.92 Å². The number of benzene rings is 1. The van der Waals surface area contributed by atoms with E-state index >= 15 is 0 Å². The van der Waals surface area contributed by atoms with E-state index in [4.69, 9.17) is 0 Å². The Morgan fingerprint density at radius 3 is 2.63 bits per heavy atom. The van der Waals surface area contributed by atoms with E-state index in [0.717, 1.165) is 4.90 Å². The molecular weight excluding hydrogens is 268 g/mol. The number of hydrogen-bond donors (Lipinski definition) is 2. The molecule has 0 aliphatic heterocycles. The second kappa shape index (κ2) is 7.75. The molecule has 19 heavy (non-hydrogen) atoms. The zero-order valence-corrected chi connectivity index (χ0v) is 11.4. The van der Waals surface area contributed by atoms with Crippen LogP contribution in [0, 0.1) is 10.1 Å². The lowest BCUT2D eigenvalue weighted by Crippen LogP contribution is -2.32. The van der Waals surface area contributed by atoms with E-state index in [0.29, 0.717) is 6.42 Å². The Hall–Kier alpha value is -1.60. The number of carbonyl (C=O) groups is 1.